The summed E-state index contributed by atoms with van der Waals surface area (Å²) in [6.07, 6.45) is 11.1. The predicted octanol–water partition coefficient (Wildman–Crippen LogP) is 5.08. The molecule has 148 valence electrons. The molecule has 24 heavy (non-hydrogen) atoms. The van der Waals surface area contributed by atoms with Gasteiger partial charge in [0, 0.05) is 0 Å². The molecule has 0 aromatic rings. The summed E-state index contributed by atoms with van der Waals surface area (Å²) >= 11 is 20.0. The molecule has 0 atom stereocenters. The van der Waals surface area contributed by atoms with Crippen molar-refractivity contribution in [1.82, 2.24) is 0 Å². The topological polar surface area (TPSA) is 0 Å². The lowest BCUT2D eigenvalue weighted by atomic mass is 10.1. The van der Waals surface area contributed by atoms with Crippen molar-refractivity contribution in [2.45, 2.75) is 79.1 Å². The van der Waals surface area contributed by atoms with Crippen molar-refractivity contribution in [1.29, 1.82) is 0 Å². The predicted molar refractivity (Wildman–Crippen MR) is 110 cm³/mol. The second kappa shape index (κ2) is 20.6. The summed E-state index contributed by atoms with van der Waals surface area (Å²) in [6.45, 7) is 15.0. The van der Waals surface area contributed by atoms with E-state index >= 15 is 0 Å². The van der Waals surface area contributed by atoms with Gasteiger partial charge in [-0.1, -0.05) is 99.8 Å². The molecule has 0 rings (SSSR count). The summed E-state index contributed by atoms with van der Waals surface area (Å²) in [7, 11) is 0. The van der Waals surface area contributed by atoms with Crippen molar-refractivity contribution in [3.05, 3.63) is 8.98 Å². The molecule has 0 aliphatic rings. The minimum absolute atomic E-state index is 0. The van der Waals surface area contributed by atoms with E-state index in [0.717, 1.165) is 0 Å². The maximum atomic E-state index is 4.99. The molecule has 1 nitrogen and oxygen atoms in total. The molecule has 6 heteroatoms. The molecule has 0 saturated heterocycles. The molecule has 0 bridgehead atoms. The Morgan fingerprint density at radius 1 is 0.542 bits per heavy atom. The van der Waals surface area contributed by atoms with Gasteiger partial charge in [0.2, 0.25) is 0 Å². The minimum Gasteiger partial charge on any atom is -1.00 e. The molecular formula is C18H36BrCl4N. The molecule has 0 radical (unpaired) electrons. The van der Waals surface area contributed by atoms with Crippen molar-refractivity contribution < 1.29 is 21.5 Å². The van der Waals surface area contributed by atoms with E-state index in [2.05, 4.69) is 27.7 Å². The van der Waals surface area contributed by atoms with E-state index in [1.165, 1.54) is 82.0 Å². The van der Waals surface area contributed by atoms with Crippen LogP contribution >= 0.6 is 46.4 Å². The number of hydrogen-bond donors (Lipinski definition) is 0. The standard InChI is InChI=1S/C16H36N.C2Cl4.BrH/c1-5-9-13-17(14-10-6-2,15-11-7-3)16-12-8-4;3-1(4)2(5)6;/h5-16H2,1-4H3;;1H/q+1;;/p-1. The van der Waals surface area contributed by atoms with Crippen LogP contribution in [0.1, 0.15) is 79.1 Å². The molecule has 0 N–H and O–H groups in total. The highest BCUT2D eigenvalue weighted by atomic mass is 79.9. The van der Waals surface area contributed by atoms with E-state index < -0.39 is 0 Å². The van der Waals surface area contributed by atoms with Gasteiger partial charge in [-0.15, -0.1) is 0 Å². The molecular weight excluding hydrogens is 452 g/mol. The molecule has 0 amide bonds. The highest BCUT2D eigenvalue weighted by Gasteiger charge is 2.24. The average Bonchev–Trinajstić information content (AvgIpc) is 2.54. The number of quaternary nitrogens is 1. The van der Waals surface area contributed by atoms with E-state index in [9.17, 15) is 0 Å². The Bertz CT molecular complexity index is 243. The third-order valence-electron chi connectivity index (χ3n) is 4.09. The minimum atomic E-state index is -0.0988. The normalized spacial score (nSPS) is 10.5. The zero-order chi connectivity index (χ0) is 18.1. The van der Waals surface area contributed by atoms with Crippen LogP contribution in [0.4, 0.5) is 0 Å². The van der Waals surface area contributed by atoms with E-state index in [1.54, 1.807) is 0 Å². The first kappa shape index (κ1) is 30.1. The third-order valence-corrected chi connectivity index (χ3v) is 5.23. The number of hydrogen-bond acceptors (Lipinski definition) is 0. The highest BCUT2D eigenvalue weighted by molar-refractivity contribution is 6.67. The maximum absolute atomic E-state index is 4.99. The zero-order valence-corrected chi connectivity index (χ0v) is 20.4. The van der Waals surface area contributed by atoms with Crippen LogP contribution in [0.15, 0.2) is 8.98 Å². The van der Waals surface area contributed by atoms with Gasteiger partial charge >= 0.3 is 0 Å². The van der Waals surface area contributed by atoms with Crippen LogP contribution in [0.25, 0.3) is 0 Å². The summed E-state index contributed by atoms with van der Waals surface area (Å²) in [5.74, 6) is 0. The molecule has 0 heterocycles. The Hall–Kier alpha value is 1.34. The lowest BCUT2D eigenvalue weighted by Gasteiger charge is -2.39. The van der Waals surface area contributed by atoms with Crippen LogP contribution in [0, 0.1) is 0 Å². The first-order valence-corrected chi connectivity index (χ1v) is 10.6. The largest absolute Gasteiger partial charge is 1.00 e. The fourth-order valence-electron chi connectivity index (χ4n) is 2.64. The molecule has 0 aromatic heterocycles. The van der Waals surface area contributed by atoms with Crippen molar-refractivity contribution in [2.24, 2.45) is 0 Å². The summed E-state index contributed by atoms with van der Waals surface area (Å²) < 4.78 is 1.22. The fraction of sp³-hybridized carbons (Fsp3) is 0.889. The number of unbranched alkanes of at least 4 members (excludes halogenated alkanes) is 4. The Morgan fingerprint density at radius 3 is 0.875 bits per heavy atom. The summed E-state index contributed by atoms with van der Waals surface area (Å²) in [5.41, 5.74) is 0. The Morgan fingerprint density at radius 2 is 0.750 bits per heavy atom. The lowest BCUT2D eigenvalue weighted by Crippen LogP contribution is -3.00. The van der Waals surface area contributed by atoms with E-state index in [4.69, 9.17) is 46.4 Å². The number of nitrogens with zero attached hydrogens (tertiary/aromatic N) is 1. The van der Waals surface area contributed by atoms with Crippen LogP contribution in [-0.4, -0.2) is 30.7 Å². The molecule has 0 aromatic carbocycles. The number of rotatable bonds is 12. The van der Waals surface area contributed by atoms with Gasteiger partial charge in [-0.05, 0) is 25.7 Å². The van der Waals surface area contributed by atoms with Crippen molar-refractivity contribution in [2.75, 3.05) is 26.2 Å². The van der Waals surface area contributed by atoms with Crippen LogP contribution < -0.4 is 17.0 Å². The Labute approximate surface area is 181 Å². The second-order valence-corrected chi connectivity index (χ2v) is 8.07. The summed E-state index contributed by atoms with van der Waals surface area (Å²) in [5, 5.41) is 0. The van der Waals surface area contributed by atoms with Gasteiger partial charge in [0.05, 0.1) is 26.2 Å². The monoisotopic (exact) mass is 485 g/mol. The Balaban J connectivity index is -0.000000538. The van der Waals surface area contributed by atoms with Crippen LogP contribution in [0.5, 0.6) is 0 Å². The molecule has 0 unspecified atom stereocenters. The van der Waals surface area contributed by atoms with Gasteiger partial charge in [0.25, 0.3) is 0 Å². The van der Waals surface area contributed by atoms with Crippen LogP contribution in [-0.2, 0) is 0 Å². The molecule has 0 saturated carbocycles. The quantitative estimate of drug-likeness (QED) is 0.337. The van der Waals surface area contributed by atoms with Crippen LogP contribution in [0.3, 0.4) is 0 Å². The van der Waals surface area contributed by atoms with E-state index in [-0.39, 0.29) is 26.0 Å². The SMILES string of the molecule is CCCC[N+](CCCC)(CCCC)CCCC.ClC(Cl)=C(Cl)Cl.[Br-]. The first-order chi connectivity index (χ1) is 10.9. The first-order valence-electron chi connectivity index (χ1n) is 9.10. The van der Waals surface area contributed by atoms with E-state index in [0.29, 0.717) is 0 Å². The lowest BCUT2D eigenvalue weighted by molar-refractivity contribution is -0.929. The van der Waals surface area contributed by atoms with Gasteiger partial charge in [-0.25, -0.2) is 0 Å². The number of halogens is 5. The van der Waals surface area contributed by atoms with Crippen molar-refractivity contribution >= 4 is 46.4 Å². The van der Waals surface area contributed by atoms with Gasteiger partial charge < -0.3 is 21.5 Å². The van der Waals surface area contributed by atoms with Gasteiger partial charge in [-0.2, -0.15) is 0 Å². The van der Waals surface area contributed by atoms with Gasteiger partial charge in [0.15, 0.2) is 0 Å². The van der Waals surface area contributed by atoms with Crippen LogP contribution in [0.2, 0.25) is 0 Å². The summed E-state index contributed by atoms with van der Waals surface area (Å²) in [4.78, 5) is 0. The maximum Gasteiger partial charge on any atom is 0.136 e. The highest BCUT2D eigenvalue weighted by Crippen LogP contribution is 2.20. The Kier molecular flexibility index (Phi) is 25.9. The second-order valence-electron chi connectivity index (χ2n) is 6.17. The van der Waals surface area contributed by atoms with Crippen molar-refractivity contribution in [3.8, 4) is 0 Å². The zero-order valence-electron chi connectivity index (χ0n) is 15.8. The smallest absolute Gasteiger partial charge is 0.136 e. The third kappa shape index (κ3) is 18.1. The van der Waals surface area contributed by atoms with Gasteiger partial charge in [0.1, 0.15) is 8.98 Å². The van der Waals surface area contributed by atoms with Crippen molar-refractivity contribution in [3.63, 3.8) is 0 Å². The molecule has 0 aliphatic heterocycles. The summed E-state index contributed by atoms with van der Waals surface area (Å²) in [6, 6.07) is 0. The average molecular weight is 488 g/mol. The molecule has 0 aliphatic carbocycles. The van der Waals surface area contributed by atoms with E-state index in [1.807, 2.05) is 0 Å². The molecule has 0 spiro atoms. The fourth-order valence-corrected chi connectivity index (χ4v) is 2.64. The van der Waals surface area contributed by atoms with Gasteiger partial charge in [-0.3, -0.25) is 0 Å². The molecule has 0 fully saturated rings.